The lowest BCUT2D eigenvalue weighted by molar-refractivity contribution is -0.948. The Morgan fingerprint density at radius 3 is 1.60 bits per heavy atom. The average Bonchev–Trinajstić information content (AvgIpc) is 2.72. The predicted molar refractivity (Wildman–Crippen MR) is 126 cm³/mol. The second-order valence-electron chi connectivity index (χ2n) is 8.89. The van der Waals surface area contributed by atoms with Crippen LogP contribution in [0.25, 0.3) is 0 Å². The van der Waals surface area contributed by atoms with Gasteiger partial charge >= 0.3 is 0 Å². The number of carbonyl (C=O) groups excluding carboxylic acids is 1. The molecule has 0 saturated heterocycles. The lowest BCUT2D eigenvalue weighted by Crippen LogP contribution is -3.00. The number of hydrogen-bond acceptors (Lipinski definition) is 2. The molecule has 1 atom stereocenters. The van der Waals surface area contributed by atoms with Crippen LogP contribution >= 0.6 is 0 Å². The first kappa shape index (κ1) is 31.9. The molecule has 0 aromatic carbocycles. The highest BCUT2D eigenvalue weighted by Gasteiger charge is 2.30. The minimum atomic E-state index is 0. The molecular formula is C25H53ClN2O2. The molecule has 30 heavy (non-hydrogen) atoms. The van der Waals surface area contributed by atoms with Crippen molar-refractivity contribution in [3.05, 3.63) is 0 Å². The Hall–Kier alpha value is -0.320. The van der Waals surface area contributed by atoms with Crippen molar-refractivity contribution in [1.29, 1.82) is 0 Å². The minimum Gasteiger partial charge on any atom is -1.00 e. The highest BCUT2D eigenvalue weighted by atomic mass is 35.5. The van der Waals surface area contributed by atoms with E-state index in [2.05, 4.69) is 33.0 Å². The Morgan fingerprint density at radius 1 is 0.767 bits per heavy atom. The fourth-order valence-corrected chi connectivity index (χ4v) is 4.41. The zero-order chi connectivity index (χ0) is 21.8. The summed E-state index contributed by atoms with van der Waals surface area (Å²) in [5, 5.41) is 12.4. The third-order valence-electron chi connectivity index (χ3n) is 6.72. The molecule has 4 nitrogen and oxygen atoms in total. The van der Waals surface area contributed by atoms with Crippen LogP contribution in [0.15, 0.2) is 0 Å². The van der Waals surface area contributed by atoms with Crippen LogP contribution in [0.2, 0.25) is 0 Å². The highest BCUT2D eigenvalue weighted by molar-refractivity contribution is 5.75. The zero-order valence-corrected chi connectivity index (χ0v) is 21.4. The number of carbonyl (C=O) groups is 1. The third-order valence-corrected chi connectivity index (χ3v) is 6.72. The molecule has 0 bridgehead atoms. The average molecular weight is 449 g/mol. The van der Waals surface area contributed by atoms with Crippen molar-refractivity contribution >= 4 is 5.91 Å². The number of aliphatic hydroxyl groups is 1. The molecule has 0 aromatic heterocycles. The molecular weight excluding hydrogens is 396 g/mol. The van der Waals surface area contributed by atoms with E-state index in [9.17, 15) is 9.90 Å². The maximum Gasteiger partial charge on any atom is 0.224 e. The molecule has 0 rings (SSSR count). The Labute approximate surface area is 194 Å². The number of halogens is 1. The number of hydrogen-bond donors (Lipinski definition) is 2. The van der Waals surface area contributed by atoms with E-state index >= 15 is 0 Å². The van der Waals surface area contributed by atoms with Gasteiger partial charge in [-0.25, -0.2) is 0 Å². The lowest BCUT2D eigenvalue weighted by Gasteiger charge is -2.42. The molecule has 0 aliphatic rings. The first-order chi connectivity index (χ1) is 14.1. The van der Waals surface area contributed by atoms with E-state index in [0.29, 0.717) is 6.42 Å². The largest absolute Gasteiger partial charge is 1.00 e. The zero-order valence-electron chi connectivity index (χ0n) is 20.7. The second-order valence-corrected chi connectivity index (χ2v) is 8.89. The summed E-state index contributed by atoms with van der Waals surface area (Å²) in [6.07, 6.45) is 18.9. The van der Waals surface area contributed by atoms with Crippen molar-refractivity contribution in [1.82, 2.24) is 5.32 Å². The van der Waals surface area contributed by atoms with Crippen molar-refractivity contribution in [3.8, 4) is 0 Å². The van der Waals surface area contributed by atoms with Gasteiger partial charge in [0, 0.05) is 26.4 Å². The van der Waals surface area contributed by atoms with E-state index in [1.54, 1.807) is 0 Å². The molecule has 0 fully saturated rings. The van der Waals surface area contributed by atoms with Crippen LogP contribution in [0.3, 0.4) is 0 Å². The summed E-state index contributed by atoms with van der Waals surface area (Å²) in [5.74, 6) is 0.189. The highest BCUT2D eigenvalue weighted by Crippen LogP contribution is 2.15. The monoisotopic (exact) mass is 448 g/mol. The number of nitrogens with zero attached hydrogens (tertiary/aromatic N) is 1. The van der Waals surface area contributed by atoms with Crippen LogP contribution in [0, 0.1) is 0 Å². The minimum absolute atomic E-state index is 0. The summed E-state index contributed by atoms with van der Waals surface area (Å²) in [5.41, 5.74) is 0. The van der Waals surface area contributed by atoms with Crippen LogP contribution < -0.4 is 17.7 Å². The maximum absolute atomic E-state index is 12.3. The molecule has 1 amide bonds. The SMILES string of the molecule is CCCCCCCCCCCCCCCC(=O)NC(C)[N+](CC)(CC)CCCO.[Cl-]. The summed E-state index contributed by atoms with van der Waals surface area (Å²) >= 11 is 0. The van der Waals surface area contributed by atoms with Gasteiger partial charge in [0.15, 0.2) is 6.17 Å². The summed E-state index contributed by atoms with van der Waals surface area (Å²) in [4.78, 5) is 12.3. The van der Waals surface area contributed by atoms with Gasteiger partial charge in [-0.2, -0.15) is 0 Å². The Morgan fingerprint density at radius 2 is 1.20 bits per heavy atom. The number of unbranched alkanes of at least 4 members (excludes halogenated alkanes) is 12. The number of quaternary nitrogens is 1. The number of aliphatic hydroxyl groups excluding tert-OH is 1. The predicted octanol–water partition coefficient (Wildman–Crippen LogP) is 3.17. The molecule has 0 radical (unpaired) electrons. The van der Waals surface area contributed by atoms with E-state index in [1.165, 1.54) is 77.0 Å². The summed E-state index contributed by atoms with van der Waals surface area (Å²) in [7, 11) is 0. The summed E-state index contributed by atoms with van der Waals surface area (Å²) in [6, 6.07) is 0. The summed E-state index contributed by atoms with van der Waals surface area (Å²) in [6.45, 7) is 11.9. The fourth-order valence-electron chi connectivity index (χ4n) is 4.41. The molecule has 0 heterocycles. The molecule has 0 aromatic rings. The van der Waals surface area contributed by atoms with E-state index in [0.717, 1.165) is 37.0 Å². The van der Waals surface area contributed by atoms with Gasteiger partial charge in [-0.1, -0.05) is 84.0 Å². The Balaban J connectivity index is 0. The standard InChI is InChI=1S/C25H52N2O2.ClH/c1-5-8-9-10-11-12-13-14-15-16-17-18-19-21-25(29)26-24(4)27(6-2,7-3)22-20-23-28;/h24,28H,5-23H2,1-4H3;1H. The maximum atomic E-state index is 12.3. The number of amides is 1. The second kappa shape index (κ2) is 21.9. The van der Waals surface area contributed by atoms with Gasteiger partial charge in [0.25, 0.3) is 0 Å². The molecule has 0 spiro atoms. The van der Waals surface area contributed by atoms with Crippen LogP contribution in [0.5, 0.6) is 0 Å². The number of rotatable bonds is 21. The quantitative estimate of drug-likeness (QED) is 0.161. The Bertz CT molecular complexity index is 376. The van der Waals surface area contributed by atoms with Crippen LogP contribution in [0.4, 0.5) is 0 Å². The topological polar surface area (TPSA) is 49.3 Å². The van der Waals surface area contributed by atoms with Crippen molar-refractivity contribution in [3.63, 3.8) is 0 Å². The van der Waals surface area contributed by atoms with E-state index in [4.69, 9.17) is 0 Å². The molecule has 5 heteroatoms. The van der Waals surface area contributed by atoms with Gasteiger partial charge in [0.1, 0.15) is 0 Å². The first-order valence-corrected chi connectivity index (χ1v) is 12.8. The van der Waals surface area contributed by atoms with E-state index in [1.807, 2.05) is 0 Å². The van der Waals surface area contributed by atoms with Gasteiger partial charge in [-0.05, 0) is 20.3 Å². The molecule has 182 valence electrons. The first-order valence-electron chi connectivity index (χ1n) is 12.8. The van der Waals surface area contributed by atoms with E-state index < -0.39 is 0 Å². The van der Waals surface area contributed by atoms with Crippen molar-refractivity contribution < 1.29 is 26.8 Å². The fraction of sp³-hybridized carbons (Fsp3) is 0.960. The van der Waals surface area contributed by atoms with Crippen LogP contribution in [-0.4, -0.2) is 47.9 Å². The number of nitrogens with one attached hydrogen (secondary N) is 1. The Kier molecular flexibility index (Phi) is 23.3. The van der Waals surface area contributed by atoms with Gasteiger partial charge in [0.05, 0.1) is 19.6 Å². The lowest BCUT2D eigenvalue weighted by atomic mass is 10.0. The van der Waals surface area contributed by atoms with Crippen molar-refractivity contribution in [2.24, 2.45) is 0 Å². The molecule has 2 N–H and O–H groups in total. The molecule has 0 aliphatic heterocycles. The molecule has 1 unspecified atom stereocenters. The van der Waals surface area contributed by atoms with Gasteiger partial charge in [-0.15, -0.1) is 0 Å². The van der Waals surface area contributed by atoms with E-state index in [-0.39, 0.29) is 31.1 Å². The van der Waals surface area contributed by atoms with Gasteiger partial charge < -0.3 is 27.3 Å². The van der Waals surface area contributed by atoms with Crippen LogP contribution in [-0.2, 0) is 4.79 Å². The third kappa shape index (κ3) is 15.5. The summed E-state index contributed by atoms with van der Waals surface area (Å²) < 4.78 is 0.852. The molecule has 0 aliphatic carbocycles. The van der Waals surface area contributed by atoms with Gasteiger partial charge in [-0.3, -0.25) is 4.79 Å². The van der Waals surface area contributed by atoms with Crippen molar-refractivity contribution in [2.75, 3.05) is 26.2 Å². The van der Waals surface area contributed by atoms with Crippen LogP contribution in [0.1, 0.15) is 124 Å². The smallest absolute Gasteiger partial charge is 0.224 e. The normalized spacial score (nSPS) is 12.4. The molecule has 0 saturated carbocycles. The van der Waals surface area contributed by atoms with Crippen molar-refractivity contribution in [2.45, 2.75) is 130 Å². The van der Waals surface area contributed by atoms with Gasteiger partial charge in [0.2, 0.25) is 5.91 Å².